The van der Waals surface area contributed by atoms with E-state index >= 15 is 0 Å². The second-order valence-electron chi connectivity index (χ2n) is 2.76. The van der Waals surface area contributed by atoms with Crippen molar-refractivity contribution < 1.29 is 4.39 Å². The van der Waals surface area contributed by atoms with Crippen LogP contribution in [0.15, 0.2) is 28.7 Å². The van der Waals surface area contributed by atoms with E-state index in [2.05, 4.69) is 15.9 Å². The SMILES string of the molecule is CC(F)C(N)c1cccc(Br)c1. The van der Waals surface area contributed by atoms with Crippen molar-refractivity contribution in [3.8, 4) is 0 Å². The maximum absolute atomic E-state index is 12.8. The van der Waals surface area contributed by atoms with Crippen molar-refractivity contribution in [1.82, 2.24) is 0 Å². The van der Waals surface area contributed by atoms with Crippen LogP contribution in [0.25, 0.3) is 0 Å². The Bertz CT molecular complexity index is 262. The van der Waals surface area contributed by atoms with Gasteiger partial charge in [-0.25, -0.2) is 4.39 Å². The molecule has 2 unspecified atom stereocenters. The molecule has 66 valence electrons. The lowest BCUT2D eigenvalue weighted by atomic mass is 10.0. The molecule has 0 spiro atoms. The van der Waals surface area contributed by atoms with Gasteiger partial charge in [0.2, 0.25) is 0 Å². The van der Waals surface area contributed by atoms with E-state index in [1.54, 1.807) is 0 Å². The van der Waals surface area contributed by atoms with Gasteiger partial charge in [-0.2, -0.15) is 0 Å². The monoisotopic (exact) mass is 231 g/mol. The third-order valence-corrected chi connectivity index (χ3v) is 2.22. The Morgan fingerprint density at radius 3 is 2.67 bits per heavy atom. The Balaban J connectivity index is 2.88. The molecule has 1 aromatic carbocycles. The van der Waals surface area contributed by atoms with E-state index < -0.39 is 12.2 Å². The molecular weight excluding hydrogens is 221 g/mol. The highest BCUT2D eigenvalue weighted by Crippen LogP contribution is 2.20. The number of hydrogen-bond acceptors (Lipinski definition) is 1. The lowest BCUT2D eigenvalue weighted by Crippen LogP contribution is -2.19. The zero-order chi connectivity index (χ0) is 9.14. The Kier molecular flexibility index (Phi) is 3.23. The van der Waals surface area contributed by atoms with Crippen LogP contribution < -0.4 is 5.73 Å². The minimum atomic E-state index is -1.01. The van der Waals surface area contributed by atoms with Crippen molar-refractivity contribution in [3.63, 3.8) is 0 Å². The Morgan fingerprint density at radius 2 is 2.17 bits per heavy atom. The zero-order valence-corrected chi connectivity index (χ0v) is 8.38. The Morgan fingerprint density at radius 1 is 1.50 bits per heavy atom. The van der Waals surface area contributed by atoms with Crippen molar-refractivity contribution in [3.05, 3.63) is 34.3 Å². The van der Waals surface area contributed by atoms with Crippen LogP contribution in [-0.4, -0.2) is 6.17 Å². The summed E-state index contributed by atoms with van der Waals surface area (Å²) in [5.41, 5.74) is 6.43. The van der Waals surface area contributed by atoms with E-state index in [9.17, 15) is 4.39 Å². The average molecular weight is 232 g/mol. The van der Waals surface area contributed by atoms with Crippen LogP contribution in [0.3, 0.4) is 0 Å². The second-order valence-corrected chi connectivity index (χ2v) is 3.67. The third kappa shape index (κ3) is 2.29. The van der Waals surface area contributed by atoms with Crippen LogP contribution >= 0.6 is 15.9 Å². The summed E-state index contributed by atoms with van der Waals surface area (Å²) in [6.45, 7) is 1.46. The molecule has 1 nitrogen and oxygen atoms in total. The number of halogens is 2. The topological polar surface area (TPSA) is 26.0 Å². The summed E-state index contributed by atoms with van der Waals surface area (Å²) in [7, 11) is 0. The Labute approximate surface area is 79.9 Å². The summed E-state index contributed by atoms with van der Waals surface area (Å²) in [4.78, 5) is 0. The van der Waals surface area contributed by atoms with Gasteiger partial charge in [0.05, 0.1) is 6.04 Å². The smallest absolute Gasteiger partial charge is 0.116 e. The van der Waals surface area contributed by atoms with Gasteiger partial charge in [0.15, 0.2) is 0 Å². The molecule has 0 aliphatic carbocycles. The molecule has 3 heteroatoms. The first-order chi connectivity index (χ1) is 5.61. The molecule has 0 amide bonds. The van der Waals surface area contributed by atoms with E-state index in [-0.39, 0.29) is 0 Å². The highest BCUT2D eigenvalue weighted by atomic mass is 79.9. The zero-order valence-electron chi connectivity index (χ0n) is 6.80. The van der Waals surface area contributed by atoms with Crippen molar-refractivity contribution in [1.29, 1.82) is 0 Å². The summed E-state index contributed by atoms with van der Waals surface area (Å²) < 4.78 is 13.7. The lowest BCUT2D eigenvalue weighted by molar-refractivity contribution is 0.309. The van der Waals surface area contributed by atoms with Gasteiger partial charge in [-0.05, 0) is 24.6 Å². The largest absolute Gasteiger partial charge is 0.322 e. The van der Waals surface area contributed by atoms with Crippen LogP contribution in [-0.2, 0) is 0 Å². The molecule has 0 saturated heterocycles. The minimum absolute atomic E-state index is 0.525. The van der Waals surface area contributed by atoms with E-state index in [0.717, 1.165) is 10.0 Å². The van der Waals surface area contributed by atoms with Gasteiger partial charge in [0.1, 0.15) is 6.17 Å². The summed E-state index contributed by atoms with van der Waals surface area (Å²) >= 11 is 3.30. The molecule has 0 bridgehead atoms. The first-order valence-corrected chi connectivity index (χ1v) is 4.55. The van der Waals surface area contributed by atoms with Crippen LogP contribution in [0.1, 0.15) is 18.5 Å². The molecule has 0 radical (unpaired) electrons. The predicted molar refractivity (Wildman–Crippen MR) is 51.6 cm³/mol. The molecule has 2 atom stereocenters. The fraction of sp³-hybridized carbons (Fsp3) is 0.333. The molecule has 0 aliphatic heterocycles. The summed E-state index contributed by atoms with van der Waals surface area (Å²) in [5.74, 6) is 0. The average Bonchev–Trinajstić information content (AvgIpc) is 2.03. The minimum Gasteiger partial charge on any atom is -0.322 e. The van der Waals surface area contributed by atoms with Crippen LogP contribution in [0, 0.1) is 0 Å². The van der Waals surface area contributed by atoms with Gasteiger partial charge < -0.3 is 5.73 Å². The van der Waals surface area contributed by atoms with Crippen LogP contribution in [0.5, 0.6) is 0 Å². The third-order valence-electron chi connectivity index (χ3n) is 1.73. The molecule has 12 heavy (non-hydrogen) atoms. The number of nitrogens with two attached hydrogens (primary N) is 1. The second kappa shape index (κ2) is 4.01. The van der Waals surface area contributed by atoms with Gasteiger partial charge in [0.25, 0.3) is 0 Å². The molecular formula is C9H11BrFN. The van der Waals surface area contributed by atoms with Gasteiger partial charge >= 0.3 is 0 Å². The first-order valence-electron chi connectivity index (χ1n) is 3.76. The molecule has 0 fully saturated rings. The summed E-state index contributed by atoms with van der Waals surface area (Å²) in [5, 5.41) is 0. The molecule has 0 aliphatic rings. The van der Waals surface area contributed by atoms with E-state index in [4.69, 9.17) is 5.73 Å². The molecule has 1 rings (SSSR count). The standard InChI is InChI=1S/C9H11BrFN/c1-6(11)9(12)7-3-2-4-8(10)5-7/h2-6,9H,12H2,1H3. The predicted octanol–water partition coefficient (Wildman–Crippen LogP) is 2.81. The maximum atomic E-state index is 12.8. The molecule has 0 aromatic heterocycles. The normalized spacial score (nSPS) is 15.7. The van der Waals surface area contributed by atoms with Gasteiger partial charge in [-0.1, -0.05) is 28.1 Å². The van der Waals surface area contributed by atoms with Gasteiger partial charge in [-0.15, -0.1) is 0 Å². The number of hydrogen-bond donors (Lipinski definition) is 1. The van der Waals surface area contributed by atoms with E-state index in [0.29, 0.717) is 0 Å². The van der Waals surface area contributed by atoms with Gasteiger partial charge in [-0.3, -0.25) is 0 Å². The quantitative estimate of drug-likeness (QED) is 0.833. The number of alkyl halides is 1. The van der Waals surface area contributed by atoms with Gasteiger partial charge in [0, 0.05) is 4.47 Å². The van der Waals surface area contributed by atoms with E-state index in [1.165, 1.54) is 6.92 Å². The molecule has 1 aromatic rings. The summed E-state index contributed by atoms with van der Waals surface area (Å²) in [6.07, 6.45) is -1.01. The van der Waals surface area contributed by atoms with E-state index in [1.807, 2.05) is 24.3 Å². The maximum Gasteiger partial charge on any atom is 0.116 e. The van der Waals surface area contributed by atoms with Crippen molar-refractivity contribution in [2.75, 3.05) is 0 Å². The number of benzene rings is 1. The van der Waals surface area contributed by atoms with Crippen LogP contribution in [0.4, 0.5) is 4.39 Å². The highest BCUT2D eigenvalue weighted by Gasteiger charge is 2.12. The molecule has 0 saturated carbocycles. The summed E-state index contributed by atoms with van der Waals surface area (Å²) in [6, 6.07) is 6.87. The van der Waals surface area contributed by atoms with Crippen LogP contribution in [0.2, 0.25) is 0 Å². The highest BCUT2D eigenvalue weighted by molar-refractivity contribution is 9.10. The fourth-order valence-electron chi connectivity index (χ4n) is 0.979. The van der Waals surface area contributed by atoms with Crippen molar-refractivity contribution in [2.45, 2.75) is 19.1 Å². The first kappa shape index (κ1) is 9.68. The lowest BCUT2D eigenvalue weighted by Gasteiger charge is -2.12. The Hall–Kier alpha value is -0.410. The molecule has 0 heterocycles. The number of rotatable bonds is 2. The fourth-order valence-corrected chi connectivity index (χ4v) is 1.40. The van der Waals surface area contributed by atoms with Crippen molar-refractivity contribution in [2.24, 2.45) is 5.73 Å². The molecule has 2 N–H and O–H groups in total. The van der Waals surface area contributed by atoms with Crippen molar-refractivity contribution >= 4 is 15.9 Å².